The Hall–Kier alpha value is -1.94. The summed E-state index contributed by atoms with van der Waals surface area (Å²) in [6.45, 7) is 1.91. The van der Waals surface area contributed by atoms with Gasteiger partial charge < -0.3 is 10.6 Å². The van der Waals surface area contributed by atoms with E-state index in [0.717, 1.165) is 4.68 Å². The van der Waals surface area contributed by atoms with Gasteiger partial charge in [-0.1, -0.05) is 6.42 Å². The largest absolute Gasteiger partial charge is 0.435 e. The lowest BCUT2D eigenvalue weighted by molar-refractivity contribution is -0.183. The van der Waals surface area contributed by atoms with Crippen LogP contribution in [0.5, 0.6) is 0 Å². The third kappa shape index (κ3) is 6.03. The fourth-order valence-electron chi connectivity index (χ4n) is 3.19. The summed E-state index contributed by atoms with van der Waals surface area (Å²) in [5.74, 6) is -1.18. The molecule has 27 heavy (non-hydrogen) atoms. The minimum Gasteiger partial charge on any atom is -0.357 e. The van der Waals surface area contributed by atoms with Gasteiger partial charge in [0, 0.05) is 31.4 Å². The number of aryl methyl sites for hydroxylation is 1. The van der Waals surface area contributed by atoms with Gasteiger partial charge in [-0.2, -0.15) is 31.4 Å². The number of alkyl halides is 6. The van der Waals surface area contributed by atoms with Gasteiger partial charge in [0.2, 0.25) is 0 Å². The van der Waals surface area contributed by atoms with E-state index in [4.69, 9.17) is 0 Å². The minimum atomic E-state index is -4.60. The van der Waals surface area contributed by atoms with Crippen molar-refractivity contribution in [3.05, 3.63) is 17.5 Å². The number of nitrogens with one attached hydrogen (secondary N) is 2. The summed E-state index contributed by atoms with van der Waals surface area (Å²) in [5.41, 5.74) is -1.11. The number of rotatable bonds is 4. The summed E-state index contributed by atoms with van der Waals surface area (Å²) in [4.78, 5) is 4.11. The normalized spacial score (nSPS) is 22.0. The second-order valence-electron chi connectivity index (χ2n) is 6.62. The van der Waals surface area contributed by atoms with E-state index in [1.165, 1.54) is 13.2 Å². The minimum absolute atomic E-state index is 0.0748. The number of guanidine groups is 1. The van der Waals surface area contributed by atoms with E-state index in [1.807, 2.05) is 0 Å². The van der Waals surface area contributed by atoms with Gasteiger partial charge >= 0.3 is 12.4 Å². The second kappa shape index (κ2) is 8.39. The highest BCUT2D eigenvalue weighted by atomic mass is 19.4. The maximum atomic E-state index is 13.0. The number of hydrogen-bond acceptors (Lipinski definition) is 2. The second-order valence-corrected chi connectivity index (χ2v) is 6.62. The summed E-state index contributed by atoms with van der Waals surface area (Å²) in [7, 11) is 1.38. The van der Waals surface area contributed by atoms with Crippen molar-refractivity contribution < 1.29 is 26.3 Å². The van der Waals surface area contributed by atoms with Gasteiger partial charge in [-0.15, -0.1) is 0 Å². The zero-order valence-corrected chi connectivity index (χ0v) is 15.1. The van der Waals surface area contributed by atoms with Crippen molar-refractivity contribution in [2.75, 3.05) is 6.54 Å². The molecule has 0 bridgehead atoms. The lowest BCUT2D eigenvalue weighted by Gasteiger charge is -2.31. The lowest BCUT2D eigenvalue weighted by Crippen LogP contribution is -2.46. The zero-order chi connectivity index (χ0) is 20.2. The molecule has 1 fully saturated rings. The first-order chi connectivity index (χ1) is 12.5. The van der Waals surface area contributed by atoms with E-state index in [0.29, 0.717) is 19.4 Å². The molecule has 5 nitrogen and oxygen atoms in total. The molecule has 11 heteroatoms. The Morgan fingerprint density at radius 3 is 2.56 bits per heavy atom. The summed E-state index contributed by atoms with van der Waals surface area (Å²) >= 11 is 0. The fraction of sp³-hybridized carbons (Fsp3) is 0.750. The average Bonchev–Trinajstić information content (AvgIpc) is 2.93. The predicted molar refractivity (Wildman–Crippen MR) is 88.0 cm³/mol. The number of hydrogen-bond donors (Lipinski definition) is 2. The van der Waals surface area contributed by atoms with Crippen molar-refractivity contribution in [2.45, 2.75) is 57.5 Å². The molecule has 2 atom stereocenters. The van der Waals surface area contributed by atoms with Gasteiger partial charge in [-0.25, -0.2) is 4.99 Å². The summed E-state index contributed by atoms with van der Waals surface area (Å²) in [6, 6.07) is -0.431. The molecule has 2 unspecified atom stereocenters. The molecular formula is C16H23F6N5. The molecule has 0 saturated heterocycles. The molecule has 2 rings (SSSR count). The average molecular weight is 399 g/mol. The smallest absolute Gasteiger partial charge is 0.357 e. The summed E-state index contributed by atoms with van der Waals surface area (Å²) < 4.78 is 78.9. The number of nitrogens with zero attached hydrogens (tertiary/aromatic N) is 3. The van der Waals surface area contributed by atoms with Crippen molar-refractivity contribution in [1.29, 1.82) is 0 Å². The Morgan fingerprint density at radius 2 is 1.96 bits per heavy atom. The van der Waals surface area contributed by atoms with Crippen molar-refractivity contribution in [1.82, 2.24) is 20.4 Å². The molecule has 1 aromatic heterocycles. The zero-order valence-electron chi connectivity index (χ0n) is 15.1. The Bertz CT molecular complexity index is 649. The number of aliphatic imine (C=N–C) groups is 1. The Labute approximate surface area is 153 Å². The topological polar surface area (TPSA) is 54.2 Å². The van der Waals surface area contributed by atoms with Crippen LogP contribution in [-0.4, -0.2) is 34.5 Å². The van der Waals surface area contributed by atoms with Gasteiger partial charge in [0.1, 0.15) is 0 Å². The van der Waals surface area contributed by atoms with Crippen LogP contribution in [0, 0.1) is 5.92 Å². The van der Waals surface area contributed by atoms with Crippen LogP contribution < -0.4 is 10.6 Å². The van der Waals surface area contributed by atoms with E-state index in [2.05, 4.69) is 20.7 Å². The van der Waals surface area contributed by atoms with Crippen LogP contribution in [0.2, 0.25) is 0 Å². The molecular weight excluding hydrogens is 376 g/mol. The van der Waals surface area contributed by atoms with Gasteiger partial charge in [0.05, 0.1) is 12.5 Å². The van der Waals surface area contributed by atoms with Crippen molar-refractivity contribution >= 4 is 5.96 Å². The molecule has 0 radical (unpaired) electrons. The molecule has 0 spiro atoms. The van der Waals surface area contributed by atoms with Crippen molar-refractivity contribution in [2.24, 2.45) is 18.0 Å². The van der Waals surface area contributed by atoms with Gasteiger partial charge in [-0.05, 0) is 26.2 Å². The van der Waals surface area contributed by atoms with E-state index < -0.39 is 30.0 Å². The first kappa shape index (κ1) is 21.4. The molecule has 0 amide bonds. The molecule has 2 N–H and O–H groups in total. The van der Waals surface area contributed by atoms with Crippen molar-refractivity contribution in [3.8, 4) is 0 Å². The highest BCUT2D eigenvalue weighted by Crippen LogP contribution is 2.37. The third-order valence-electron chi connectivity index (χ3n) is 4.40. The van der Waals surface area contributed by atoms with Crippen LogP contribution in [-0.2, 0) is 19.8 Å². The quantitative estimate of drug-likeness (QED) is 0.462. The molecule has 0 aliphatic heterocycles. The number of halogens is 6. The monoisotopic (exact) mass is 399 g/mol. The van der Waals surface area contributed by atoms with Crippen LogP contribution in [0.15, 0.2) is 11.2 Å². The van der Waals surface area contributed by atoms with E-state index in [-0.39, 0.29) is 30.9 Å². The highest BCUT2D eigenvalue weighted by molar-refractivity contribution is 5.80. The van der Waals surface area contributed by atoms with Gasteiger partial charge in [0.15, 0.2) is 11.7 Å². The van der Waals surface area contributed by atoms with Gasteiger partial charge in [0.25, 0.3) is 0 Å². The molecule has 154 valence electrons. The highest BCUT2D eigenvalue weighted by Gasteiger charge is 2.42. The first-order valence-electron chi connectivity index (χ1n) is 8.72. The standard InChI is InChI=1S/C16H23F6N5/c1-3-23-14(25-12-6-4-5-11(7-12)15(17,18)19)24-8-10-9-27(2)26-13(10)16(20,21)22/h9,11-12H,3-8H2,1-2H3,(H2,23,24,25). The van der Waals surface area contributed by atoms with E-state index in [1.54, 1.807) is 6.92 Å². The van der Waals surface area contributed by atoms with Crippen LogP contribution in [0.4, 0.5) is 26.3 Å². The third-order valence-corrected chi connectivity index (χ3v) is 4.40. The van der Waals surface area contributed by atoms with Crippen LogP contribution in [0.3, 0.4) is 0 Å². The van der Waals surface area contributed by atoms with Gasteiger partial charge in [-0.3, -0.25) is 4.68 Å². The maximum Gasteiger partial charge on any atom is 0.435 e. The number of aromatic nitrogens is 2. The molecule has 0 aromatic carbocycles. The van der Waals surface area contributed by atoms with Crippen LogP contribution in [0.25, 0.3) is 0 Å². The molecule has 1 heterocycles. The van der Waals surface area contributed by atoms with Crippen LogP contribution in [0.1, 0.15) is 43.9 Å². The van der Waals surface area contributed by atoms with E-state index >= 15 is 0 Å². The van der Waals surface area contributed by atoms with E-state index in [9.17, 15) is 26.3 Å². The fourth-order valence-corrected chi connectivity index (χ4v) is 3.19. The molecule has 1 aromatic rings. The Balaban J connectivity index is 2.09. The maximum absolute atomic E-state index is 13.0. The SMILES string of the molecule is CCNC(=NCc1cn(C)nc1C(F)(F)F)NC1CCCC(C(F)(F)F)C1. The summed E-state index contributed by atoms with van der Waals surface area (Å²) in [6.07, 6.45) is -6.60. The van der Waals surface area contributed by atoms with Crippen molar-refractivity contribution in [3.63, 3.8) is 0 Å². The lowest BCUT2D eigenvalue weighted by atomic mass is 9.85. The predicted octanol–water partition coefficient (Wildman–Crippen LogP) is 3.62. The Morgan fingerprint density at radius 1 is 1.26 bits per heavy atom. The van der Waals surface area contributed by atoms with Crippen LogP contribution >= 0.6 is 0 Å². The molecule has 1 aliphatic carbocycles. The first-order valence-corrected chi connectivity index (χ1v) is 8.72. The Kier molecular flexibility index (Phi) is 6.63. The molecule has 1 aliphatic rings. The molecule has 1 saturated carbocycles. The summed E-state index contributed by atoms with van der Waals surface area (Å²) in [5, 5.41) is 9.21.